The highest BCUT2D eigenvalue weighted by molar-refractivity contribution is 7.19. The minimum atomic E-state index is 0.693. The second kappa shape index (κ2) is 5.76. The van der Waals surface area contributed by atoms with Gasteiger partial charge in [0, 0.05) is 32.0 Å². The number of allylic oxidation sites excluding steroid dienone is 2. The molecule has 2 aliphatic rings. The average molecular weight is 362 g/mol. The van der Waals surface area contributed by atoms with E-state index >= 15 is 0 Å². The first-order valence-electron chi connectivity index (χ1n) is 7.95. The molecule has 0 atom stereocenters. The lowest BCUT2D eigenvalue weighted by atomic mass is 9.96. The fourth-order valence-corrected chi connectivity index (χ4v) is 4.45. The van der Waals surface area contributed by atoms with E-state index in [4.69, 9.17) is 11.6 Å². The zero-order valence-corrected chi connectivity index (χ0v) is 14.7. The fraction of sp³-hybridized carbons (Fsp3) is 0.0500. The molecule has 0 bridgehead atoms. The van der Waals surface area contributed by atoms with Crippen LogP contribution in [-0.2, 0) is 6.42 Å². The largest absolute Gasteiger partial charge is 0.254 e. The molecule has 0 unspecified atom stereocenters. The van der Waals surface area contributed by atoms with E-state index in [1.54, 1.807) is 6.21 Å². The van der Waals surface area contributed by atoms with Gasteiger partial charge in [0.05, 0.1) is 17.6 Å². The predicted octanol–water partition coefficient (Wildman–Crippen LogP) is 6.57. The molecule has 0 radical (unpaired) electrons. The summed E-state index contributed by atoms with van der Waals surface area (Å²) >= 11 is 7.75. The SMILES string of the molecule is Clc1ccc(N=NC2=C3Cc4sc5ccccc5c4C=C3N=C2)cc1. The lowest BCUT2D eigenvalue weighted by molar-refractivity contribution is 1.10. The Hall–Kier alpha value is -2.56. The molecule has 1 aromatic heterocycles. The van der Waals surface area contributed by atoms with Crippen molar-refractivity contribution < 1.29 is 0 Å². The second-order valence-corrected chi connectivity index (χ2v) is 7.51. The van der Waals surface area contributed by atoms with E-state index in [-0.39, 0.29) is 0 Å². The monoisotopic (exact) mass is 361 g/mol. The van der Waals surface area contributed by atoms with E-state index in [1.807, 2.05) is 35.6 Å². The Bertz CT molecular complexity index is 1120. The molecule has 0 amide bonds. The summed E-state index contributed by atoms with van der Waals surface area (Å²) in [6, 6.07) is 15.8. The average Bonchev–Trinajstić information content (AvgIpc) is 3.20. The van der Waals surface area contributed by atoms with Gasteiger partial charge in [0.2, 0.25) is 0 Å². The molecule has 25 heavy (non-hydrogen) atoms. The van der Waals surface area contributed by atoms with Crippen molar-refractivity contribution in [3.63, 3.8) is 0 Å². The van der Waals surface area contributed by atoms with Gasteiger partial charge >= 0.3 is 0 Å². The Kier molecular flexibility index (Phi) is 3.40. The summed E-state index contributed by atoms with van der Waals surface area (Å²) in [5, 5.41) is 10.7. The van der Waals surface area contributed by atoms with Gasteiger partial charge in [-0.25, -0.2) is 0 Å². The van der Waals surface area contributed by atoms with Crippen LogP contribution in [0.3, 0.4) is 0 Å². The van der Waals surface area contributed by atoms with Gasteiger partial charge in [-0.3, -0.25) is 4.99 Å². The van der Waals surface area contributed by atoms with Crippen molar-refractivity contribution in [2.24, 2.45) is 15.2 Å². The third kappa shape index (κ3) is 2.54. The summed E-state index contributed by atoms with van der Waals surface area (Å²) in [5.74, 6) is 0. The van der Waals surface area contributed by atoms with Gasteiger partial charge < -0.3 is 0 Å². The van der Waals surface area contributed by atoms with Gasteiger partial charge in [-0.1, -0.05) is 29.8 Å². The van der Waals surface area contributed by atoms with Crippen LogP contribution in [0.4, 0.5) is 5.69 Å². The third-order valence-electron chi connectivity index (χ3n) is 4.37. The van der Waals surface area contributed by atoms with Gasteiger partial charge in [-0.05, 0) is 42.0 Å². The van der Waals surface area contributed by atoms with Crippen molar-refractivity contribution in [2.75, 3.05) is 0 Å². The smallest absolute Gasteiger partial charge is 0.110 e. The van der Waals surface area contributed by atoms with Gasteiger partial charge in [0.1, 0.15) is 5.70 Å². The van der Waals surface area contributed by atoms with Crippen LogP contribution in [0.25, 0.3) is 16.2 Å². The molecule has 1 aliphatic heterocycles. The Morgan fingerprint density at radius 2 is 1.84 bits per heavy atom. The Morgan fingerprint density at radius 1 is 1.00 bits per heavy atom. The number of azo groups is 1. The van der Waals surface area contributed by atoms with Gasteiger partial charge in [0.15, 0.2) is 0 Å². The molecule has 5 heteroatoms. The summed E-state index contributed by atoms with van der Waals surface area (Å²) in [4.78, 5) is 5.91. The molecule has 120 valence electrons. The highest BCUT2D eigenvalue weighted by Gasteiger charge is 2.24. The normalized spacial score (nSPS) is 15.8. The summed E-state index contributed by atoms with van der Waals surface area (Å²) < 4.78 is 1.32. The number of benzene rings is 2. The van der Waals surface area contributed by atoms with E-state index in [9.17, 15) is 0 Å². The molecule has 0 N–H and O–H groups in total. The quantitative estimate of drug-likeness (QED) is 0.462. The minimum absolute atomic E-state index is 0.693. The molecule has 1 aliphatic carbocycles. The summed E-state index contributed by atoms with van der Waals surface area (Å²) in [5.41, 5.74) is 5.07. The molecule has 2 heterocycles. The van der Waals surface area contributed by atoms with Crippen LogP contribution in [0.5, 0.6) is 0 Å². The molecule has 5 rings (SSSR count). The second-order valence-electron chi connectivity index (χ2n) is 5.94. The van der Waals surface area contributed by atoms with Gasteiger partial charge in [-0.2, -0.15) is 5.11 Å². The van der Waals surface area contributed by atoms with E-state index in [0.29, 0.717) is 5.02 Å². The Morgan fingerprint density at radius 3 is 2.72 bits per heavy atom. The molecule has 2 aromatic carbocycles. The zero-order valence-electron chi connectivity index (χ0n) is 13.1. The van der Waals surface area contributed by atoms with Crippen molar-refractivity contribution in [1.29, 1.82) is 0 Å². The minimum Gasteiger partial charge on any atom is -0.254 e. The number of aliphatic imine (C=N–C) groups is 1. The fourth-order valence-electron chi connectivity index (χ4n) is 3.13. The van der Waals surface area contributed by atoms with Crippen molar-refractivity contribution in [3.8, 4) is 0 Å². The first kappa shape index (κ1) is 14.8. The molecule has 3 aromatic rings. The maximum atomic E-state index is 5.90. The van der Waals surface area contributed by atoms with E-state index in [1.165, 1.54) is 20.5 Å². The third-order valence-corrected chi connectivity index (χ3v) is 5.81. The van der Waals surface area contributed by atoms with Crippen LogP contribution in [0, 0.1) is 0 Å². The van der Waals surface area contributed by atoms with Crippen molar-refractivity contribution >= 4 is 51.0 Å². The van der Waals surface area contributed by atoms with Crippen LogP contribution in [0.2, 0.25) is 5.02 Å². The van der Waals surface area contributed by atoms with E-state index in [2.05, 4.69) is 45.6 Å². The Balaban J connectivity index is 1.53. The number of thiophene rings is 1. The number of halogens is 1. The van der Waals surface area contributed by atoms with Crippen molar-refractivity contribution in [1.82, 2.24) is 0 Å². The van der Waals surface area contributed by atoms with Gasteiger partial charge in [-0.15, -0.1) is 16.5 Å². The number of fused-ring (bicyclic) bond motifs is 4. The molecule has 3 nitrogen and oxygen atoms in total. The van der Waals surface area contributed by atoms with Crippen LogP contribution in [-0.4, -0.2) is 6.21 Å². The van der Waals surface area contributed by atoms with E-state index < -0.39 is 0 Å². The number of rotatable bonds is 2. The Labute approximate surface area is 153 Å². The number of hydrogen-bond acceptors (Lipinski definition) is 4. The topological polar surface area (TPSA) is 37.1 Å². The maximum Gasteiger partial charge on any atom is 0.110 e. The number of hydrogen-bond donors (Lipinski definition) is 0. The van der Waals surface area contributed by atoms with Crippen LogP contribution >= 0.6 is 22.9 Å². The highest BCUT2D eigenvalue weighted by Crippen LogP contribution is 2.41. The molecule has 0 spiro atoms. The zero-order chi connectivity index (χ0) is 16.8. The lowest BCUT2D eigenvalue weighted by Crippen LogP contribution is -1.98. The van der Waals surface area contributed by atoms with Gasteiger partial charge in [0.25, 0.3) is 0 Å². The van der Waals surface area contributed by atoms with E-state index in [0.717, 1.165) is 29.1 Å². The summed E-state index contributed by atoms with van der Waals surface area (Å²) in [6.07, 6.45) is 4.84. The first-order chi connectivity index (χ1) is 12.3. The van der Waals surface area contributed by atoms with Crippen molar-refractivity contribution in [2.45, 2.75) is 6.42 Å². The van der Waals surface area contributed by atoms with Crippen LogP contribution < -0.4 is 0 Å². The van der Waals surface area contributed by atoms with Crippen LogP contribution in [0.15, 0.2) is 80.7 Å². The first-order valence-corrected chi connectivity index (χ1v) is 9.14. The maximum absolute atomic E-state index is 5.90. The standard InChI is InChI=1S/C20H12ClN3S/c21-12-5-7-13(8-6-12)23-24-18-11-22-17-9-15-14-3-1-2-4-19(14)25-20(15)10-16(17)18/h1-9,11H,10H2. The molecule has 0 saturated heterocycles. The molecule has 0 fully saturated rings. The molecular formula is C20H12ClN3S. The summed E-state index contributed by atoms with van der Waals surface area (Å²) in [6.45, 7) is 0. The van der Waals surface area contributed by atoms with Crippen LogP contribution in [0.1, 0.15) is 10.4 Å². The number of nitrogens with zero attached hydrogens (tertiary/aromatic N) is 3. The molecule has 0 saturated carbocycles. The molecular weight excluding hydrogens is 350 g/mol. The van der Waals surface area contributed by atoms with Crippen molar-refractivity contribution in [3.05, 3.63) is 81.0 Å². The highest BCUT2D eigenvalue weighted by atomic mass is 35.5. The predicted molar refractivity (Wildman–Crippen MR) is 105 cm³/mol. The summed E-state index contributed by atoms with van der Waals surface area (Å²) in [7, 11) is 0. The lowest BCUT2D eigenvalue weighted by Gasteiger charge is -2.11.